The zero-order valence-corrected chi connectivity index (χ0v) is 19.4. The normalized spacial score (nSPS) is 14.4. The number of nitrogens with two attached hydrogens (primary N) is 1. The molecular formula is C26H31N3O5. The van der Waals surface area contributed by atoms with Gasteiger partial charge in [0.15, 0.2) is 5.69 Å². The lowest BCUT2D eigenvalue weighted by molar-refractivity contribution is -0.124. The molecule has 0 saturated heterocycles. The van der Waals surface area contributed by atoms with Crippen LogP contribution in [0.3, 0.4) is 0 Å². The first kappa shape index (κ1) is 25.3. The van der Waals surface area contributed by atoms with Crippen molar-refractivity contribution in [2.75, 3.05) is 0 Å². The van der Waals surface area contributed by atoms with E-state index in [2.05, 4.69) is 9.97 Å². The van der Waals surface area contributed by atoms with Crippen LogP contribution in [-0.2, 0) is 16.0 Å². The smallest absolute Gasteiger partial charge is 0.358 e. The maximum absolute atomic E-state index is 12.9. The number of esters is 1. The van der Waals surface area contributed by atoms with E-state index >= 15 is 0 Å². The number of hydrogen-bond donors (Lipinski definition) is 3. The zero-order valence-electron chi connectivity index (χ0n) is 19.4. The molecule has 8 heteroatoms. The van der Waals surface area contributed by atoms with E-state index in [1.54, 1.807) is 32.0 Å². The third-order valence-corrected chi connectivity index (χ3v) is 5.66. The Morgan fingerprint density at radius 2 is 1.71 bits per heavy atom. The van der Waals surface area contributed by atoms with Crippen molar-refractivity contribution in [2.24, 2.45) is 11.7 Å². The number of rotatable bonds is 11. The lowest BCUT2D eigenvalue weighted by atomic mass is 9.88. The van der Waals surface area contributed by atoms with Gasteiger partial charge in [0, 0.05) is 12.3 Å². The van der Waals surface area contributed by atoms with E-state index in [0.717, 1.165) is 5.56 Å². The molecule has 0 aliphatic carbocycles. The van der Waals surface area contributed by atoms with Crippen molar-refractivity contribution in [1.82, 2.24) is 9.97 Å². The number of primary amides is 1. The Bertz CT molecular complexity index is 1110. The van der Waals surface area contributed by atoms with Gasteiger partial charge in [0.1, 0.15) is 6.10 Å². The van der Waals surface area contributed by atoms with Crippen molar-refractivity contribution >= 4 is 22.9 Å². The average Bonchev–Trinajstić information content (AvgIpc) is 2.80. The summed E-state index contributed by atoms with van der Waals surface area (Å²) in [4.78, 5) is 33.5. The van der Waals surface area contributed by atoms with Gasteiger partial charge in [-0.1, -0.05) is 42.5 Å². The van der Waals surface area contributed by atoms with Gasteiger partial charge in [-0.15, -0.1) is 0 Å². The fourth-order valence-corrected chi connectivity index (χ4v) is 3.70. The fraction of sp³-hybridized carbons (Fsp3) is 0.385. The van der Waals surface area contributed by atoms with Crippen LogP contribution in [-0.4, -0.2) is 49.9 Å². The van der Waals surface area contributed by atoms with Crippen LogP contribution in [0.2, 0.25) is 0 Å². The Morgan fingerprint density at radius 3 is 2.35 bits per heavy atom. The molecule has 34 heavy (non-hydrogen) atoms. The molecule has 8 nitrogen and oxygen atoms in total. The molecule has 3 aromatic rings. The molecule has 0 saturated carbocycles. The van der Waals surface area contributed by atoms with E-state index in [0.29, 0.717) is 23.9 Å². The molecule has 0 spiro atoms. The summed E-state index contributed by atoms with van der Waals surface area (Å²) in [5.41, 5.74) is 6.67. The van der Waals surface area contributed by atoms with Crippen LogP contribution in [0.4, 0.5) is 0 Å². The highest BCUT2D eigenvalue weighted by Crippen LogP contribution is 2.23. The summed E-state index contributed by atoms with van der Waals surface area (Å²) < 4.78 is 5.68. The van der Waals surface area contributed by atoms with Crippen molar-refractivity contribution in [3.63, 3.8) is 0 Å². The first-order chi connectivity index (χ1) is 16.1. The lowest BCUT2D eigenvalue weighted by Crippen LogP contribution is -2.38. The standard InChI is InChI=1S/C26H31N3O5/c1-26(2,33)13-12-18(24(27)31)15-22(30)23(14-17-8-4-3-5-9-17)34-25(32)21-16-28-19-10-6-7-11-20(19)29-21/h3-11,16,18,22-23,30,33H,12-15H2,1-2H3,(H2,27,31)/t18-,22?,23+/m1/s1. The summed E-state index contributed by atoms with van der Waals surface area (Å²) in [7, 11) is 0. The van der Waals surface area contributed by atoms with Crippen LogP contribution in [0.5, 0.6) is 0 Å². The predicted molar refractivity (Wildman–Crippen MR) is 128 cm³/mol. The SMILES string of the molecule is CC(C)(O)CC[C@H](CC(O)[C@H](Cc1ccccc1)OC(=O)c1cnc2ccccc2n1)C(N)=O. The number of nitrogens with zero attached hydrogens (tertiary/aromatic N) is 2. The first-order valence-electron chi connectivity index (χ1n) is 11.3. The number of para-hydroxylation sites is 2. The number of benzene rings is 2. The van der Waals surface area contributed by atoms with Crippen molar-refractivity contribution in [1.29, 1.82) is 0 Å². The highest BCUT2D eigenvalue weighted by atomic mass is 16.6. The number of hydrogen-bond acceptors (Lipinski definition) is 7. The van der Waals surface area contributed by atoms with E-state index in [1.165, 1.54) is 6.20 Å². The molecule has 0 radical (unpaired) electrons. The summed E-state index contributed by atoms with van der Waals surface area (Å²) in [5.74, 6) is -1.97. The number of aliphatic hydroxyl groups excluding tert-OH is 1. The van der Waals surface area contributed by atoms with Gasteiger partial charge >= 0.3 is 5.97 Å². The Hall–Kier alpha value is -3.36. The predicted octanol–water partition coefficient (Wildman–Crippen LogP) is 2.80. The van der Waals surface area contributed by atoms with Gasteiger partial charge in [0.2, 0.25) is 5.91 Å². The van der Waals surface area contributed by atoms with Crippen LogP contribution in [0.1, 0.15) is 49.2 Å². The number of fused-ring (bicyclic) bond motifs is 1. The molecule has 1 unspecified atom stereocenters. The van der Waals surface area contributed by atoms with Gasteiger partial charge in [-0.3, -0.25) is 9.78 Å². The second-order valence-electron chi connectivity index (χ2n) is 9.13. The minimum atomic E-state index is -1.16. The van der Waals surface area contributed by atoms with Crippen molar-refractivity contribution < 1.29 is 24.5 Å². The summed E-state index contributed by atoms with van der Waals surface area (Å²) in [6, 6.07) is 16.5. The van der Waals surface area contributed by atoms with Gasteiger partial charge in [-0.25, -0.2) is 9.78 Å². The number of amides is 1. The summed E-state index contributed by atoms with van der Waals surface area (Å²) in [5, 5.41) is 21.0. The van der Waals surface area contributed by atoms with E-state index in [-0.39, 0.29) is 18.5 Å². The second-order valence-corrected chi connectivity index (χ2v) is 9.13. The molecule has 4 N–H and O–H groups in total. The molecule has 0 aliphatic rings. The van der Waals surface area contributed by atoms with Crippen molar-refractivity contribution in [3.8, 4) is 0 Å². The number of carbonyl (C=O) groups is 2. The summed E-state index contributed by atoms with van der Waals surface area (Å²) in [6.07, 6.45) is 0.127. The van der Waals surface area contributed by atoms with Gasteiger partial charge in [-0.05, 0) is 50.8 Å². The van der Waals surface area contributed by atoms with Gasteiger partial charge in [0.25, 0.3) is 0 Å². The molecule has 3 rings (SSSR count). The lowest BCUT2D eigenvalue weighted by Gasteiger charge is -2.27. The maximum Gasteiger partial charge on any atom is 0.358 e. The zero-order chi connectivity index (χ0) is 24.7. The van der Waals surface area contributed by atoms with E-state index in [1.807, 2.05) is 36.4 Å². The first-order valence-corrected chi connectivity index (χ1v) is 11.3. The maximum atomic E-state index is 12.9. The van der Waals surface area contributed by atoms with Crippen LogP contribution < -0.4 is 5.73 Å². The quantitative estimate of drug-likeness (QED) is 0.371. The van der Waals surface area contributed by atoms with E-state index in [9.17, 15) is 19.8 Å². The van der Waals surface area contributed by atoms with Crippen LogP contribution in [0, 0.1) is 5.92 Å². The minimum Gasteiger partial charge on any atom is -0.454 e. The highest BCUT2D eigenvalue weighted by Gasteiger charge is 2.30. The van der Waals surface area contributed by atoms with Gasteiger partial charge in [0.05, 0.1) is 28.9 Å². The van der Waals surface area contributed by atoms with Crippen molar-refractivity contribution in [3.05, 3.63) is 72.1 Å². The van der Waals surface area contributed by atoms with Gasteiger partial charge < -0.3 is 20.7 Å². The Labute approximate surface area is 198 Å². The minimum absolute atomic E-state index is 0.000404. The third-order valence-electron chi connectivity index (χ3n) is 5.66. The average molecular weight is 466 g/mol. The van der Waals surface area contributed by atoms with Gasteiger partial charge in [-0.2, -0.15) is 0 Å². The second kappa shape index (κ2) is 11.2. The van der Waals surface area contributed by atoms with Crippen LogP contribution in [0.15, 0.2) is 60.8 Å². The third kappa shape index (κ3) is 7.33. The number of aliphatic hydroxyl groups is 2. The van der Waals surface area contributed by atoms with Crippen LogP contribution >= 0.6 is 0 Å². The molecule has 3 atom stereocenters. The topological polar surface area (TPSA) is 136 Å². The molecule has 1 amide bonds. The molecule has 1 heterocycles. The summed E-state index contributed by atoms with van der Waals surface area (Å²) in [6.45, 7) is 3.29. The monoisotopic (exact) mass is 465 g/mol. The molecule has 0 aliphatic heterocycles. The molecule has 180 valence electrons. The van der Waals surface area contributed by atoms with E-state index in [4.69, 9.17) is 10.5 Å². The number of ether oxygens (including phenoxy) is 1. The number of aromatic nitrogens is 2. The Balaban J connectivity index is 1.78. The van der Waals surface area contributed by atoms with E-state index < -0.39 is 35.6 Å². The molecule has 1 aromatic heterocycles. The Kier molecular flexibility index (Phi) is 8.31. The Morgan fingerprint density at radius 1 is 1.06 bits per heavy atom. The molecular weight excluding hydrogens is 434 g/mol. The van der Waals surface area contributed by atoms with Crippen molar-refractivity contribution in [2.45, 2.75) is 57.3 Å². The summed E-state index contributed by atoms with van der Waals surface area (Å²) >= 11 is 0. The molecule has 0 bridgehead atoms. The number of carbonyl (C=O) groups excluding carboxylic acids is 2. The molecule has 2 aromatic carbocycles. The highest BCUT2D eigenvalue weighted by molar-refractivity contribution is 5.89. The largest absolute Gasteiger partial charge is 0.454 e. The fourth-order valence-electron chi connectivity index (χ4n) is 3.70. The van der Waals surface area contributed by atoms with Crippen LogP contribution in [0.25, 0.3) is 11.0 Å². The molecule has 0 fully saturated rings.